The van der Waals surface area contributed by atoms with Gasteiger partial charge in [0.15, 0.2) is 0 Å². The van der Waals surface area contributed by atoms with E-state index in [1.54, 1.807) is 4.90 Å². The number of amides is 1. The van der Waals surface area contributed by atoms with E-state index in [0.29, 0.717) is 25.6 Å². The molecule has 0 saturated carbocycles. The lowest BCUT2D eigenvalue weighted by atomic mass is 10.2. The van der Waals surface area contributed by atoms with Crippen molar-refractivity contribution in [3.8, 4) is 0 Å². The Hall–Kier alpha value is -2.08. The predicted molar refractivity (Wildman–Crippen MR) is 95.0 cm³/mol. The number of hydrogen-bond donors (Lipinski definition) is 1. The van der Waals surface area contributed by atoms with Crippen LogP contribution in [-0.2, 0) is 20.9 Å². The molecule has 0 aromatic heterocycles. The molecule has 1 aliphatic heterocycles. The lowest BCUT2D eigenvalue weighted by Gasteiger charge is -2.24. The van der Waals surface area contributed by atoms with E-state index in [-0.39, 0.29) is 31.3 Å². The van der Waals surface area contributed by atoms with Crippen LogP contribution in [0.4, 0.5) is 4.79 Å². The molecule has 0 unspecified atom stereocenters. The fraction of sp³-hybridized carbons (Fsp3) is 0.579. The monoisotopic (exact) mass is 348 g/mol. The van der Waals surface area contributed by atoms with Gasteiger partial charge in [-0.15, -0.1) is 0 Å². The summed E-state index contributed by atoms with van der Waals surface area (Å²) in [7, 11) is 0. The van der Waals surface area contributed by atoms with E-state index in [9.17, 15) is 9.59 Å². The number of nitrogens with one attached hydrogen (secondary N) is 1. The highest BCUT2D eigenvalue weighted by Crippen LogP contribution is 2.18. The number of carbonyl (C=O) groups excluding carboxylic acids is 2. The lowest BCUT2D eigenvalue weighted by Crippen LogP contribution is -2.43. The Balaban J connectivity index is 1.70. The van der Waals surface area contributed by atoms with Crippen molar-refractivity contribution in [3.05, 3.63) is 35.9 Å². The van der Waals surface area contributed by atoms with E-state index in [4.69, 9.17) is 9.47 Å². The Morgan fingerprint density at radius 1 is 1.24 bits per heavy atom. The van der Waals surface area contributed by atoms with Crippen molar-refractivity contribution >= 4 is 12.1 Å². The molecular weight excluding hydrogens is 320 g/mol. The smallest absolute Gasteiger partial charge is 0.410 e. The minimum Gasteiger partial charge on any atom is -0.464 e. The fourth-order valence-corrected chi connectivity index (χ4v) is 2.74. The van der Waals surface area contributed by atoms with Crippen LogP contribution in [0.1, 0.15) is 32.3 Å². The molecule has 1 atom stereocenters. The topological polar surface area (TPSA) is 67.9 Å². The average Bonchev–Trinajstić information content (AvgIpc) is 3.07. The molecule has 1 aliphatic rings. The van der Waals surface area contributed by atoms with Gasteiger partial charge in [-0.2, -0.15) is 0 Å². The van der Waals surface area contributed by atoms with Gasteiger partial charge in [-0.3, -0.25) is 4.79 Å². The molecule has 0 spiro atoms. The van der Waals surface area contributed by atoms with Gasteiger partial charge in [0, 0.05) is 19.1 Å². The second-order valence-electron chi connectivity index (χ2n) is 6.74. The molecular formula is C19H28N2O4. The maximum Gasteiger partial charge on any atom is 0.410 e. The fourth-order valence-electron chi connectivity index (χ4n) is 2.74. The van der Waals surface area contributed by atoms with Crippen molar-refractivity contribution in [1.82, 2.24) is 10.2 Å². The Kier molecular flexibility index (Phi) is 7.73. The second-order valence-corrected chi connectivity index (χ2v) is 6.74. The van der Waals surface area contributed by atoms with Crippen LogP contribution in [0.25, 0.3) is 0 Å². The van der Waals surface area contributed by atoms with Crippen LogP contribution in [0.3, 0.4) is 0 Å². The average molecular weight is 348 g/mol. The Morgan fingerprint density at radius 2 is 2.00 bits per heavy atom. The summed E-state index contributed by atoms with van der Waals surface area (Å²) in [4.78, 5) is 25.6. The molecule has 138 valence electrons. The van der Waals surface area contributed by atoms with E-state index in [0.717, 1.165) is 18.4 Å². The number of ether oxygens (including phenoxy) is 2. The maximum atomic E-state index is 12.3. The molecule has 0 aliphatic carbocycles. The minimum absolute atomic E-state index is 0.0566. The van der Waals surface area contributed by atoms with Crippen LogP contribution in [0.2, 0.25) is 0 Å². The number of rotatable bonds is 8. The normalized spacial score (nSPS) is 16.9. The summed E-state index contributed by atoms with van der Waals surface area (Å²) in [5.41, 5.74) is 0.970. The van der Waals surface area contributed by atoms with E-state index in [2.05, 4.69) is 5.32 Å². The number of benzene rings is 1. The van der Waals surface area contributed by atoms with Crippen molar-refractivity contribution in [2.45, 2.75) is 39.3 Å². The zero-order valence-electron chi connectivity index (χ0n) is 15.1. The second kappa shape index (κ2) is 10.0. The zero-order valence-corrected chi connectivity index (χ0v) is 15.1. The van der Waals surface area contributed by atoms with Gasteiger partial charge < -0.3 is 19.7 Å². The number of esters is 1. The predicted octanol–water partition coefficient (Wildman–Crippen LogP) is 2.58. The zero-order chi connectivity index (χ0) is 18.1. The van der Waals surface area contributed by atoms with Gasteiger partial charge in [0.25, 0.3) is 0 Å². The molecule has 0 bridgehead atoms. The molecule has 1 N–H and O–H groups in total. The number of nitrogens with zero attached hydrogens (tertiary/aromatic N) is 1. The van der Waals surface area contributed by atoms with Crippen molar-refractivity contribution < 1.29 is 19.1 Å². The van der Waals surface area contributed by atoms with Crippen molar-refractivity contribution in [2.75, 3.05) is 26.2 Å². The molecule has 2 rings (SSSR count). The van der Waals surface area contributed by atoms with E-state index in [1.807, 2.05) is 44.2 Å². The minimum atomic E-state index is -0.296. The quantitative estimate of drug-likeness (QED) is 0.732. The molecule has 1 amide bonds. The summed E-state index contributed by atoms with van der Waals surface area (Å²) >= 11 is 0. The van der Waals surface area contributed by atoms with Crippen molar-refractivity contribution in [1.29, 1.82) is 0 Å². The standard InChI is InChI=1S/C19H28N2O4/c1-15(2)13-24-18(22)12-20-11-17-9-6-10-21(17)19(23)25-14-16-7-4-3-5-8-16/h3-5,7-8,15,17,20H,6,9-14H2,1-2H3/t17-/m0/s1. The maximum absolute atomic E-state index is 12.3. The van der Waals surface area contributed by atoms with Gasteiger partial charge in [0.05, 0.1) is 13.2 Å². The van der Waals surface area contributed by atoms with Crippen LogP contribution >= 0.6 is 0 Å². The summed E-state index contributed by atoms with van der Waals surface area (Å²) in [6, 6.07) is 9.69. The molecule has 6 heteroatoms. The van der Waals surface area contributed by atoms with Crippen LogP contribution in [0, 0.1) is 5.92 Å². The summed E-state index contributed by atoms with van der Waals surface area (Å²) < 4.78 is 10.5. The van der Waals surface area contributed by atoms with E-state index in [1.165, 1.54) is 0 Å². The lowest BCUT2D eigenvalue weighted by molar-refractivity contribution is -0.143. The Bertz CT molecular complexity index is 548. The first-order chi connectivity index (χ1) is 12.1. The third kappa shape index (κ3) is 6.74. The summed E-state index contributed by atoms with van der Waals surface area (Å²) in [6.45, 7) is 6.13. The van der Waals surface area contributed by atoms with Gasteiger partial charge in [-0.05, 0) is 24.3 Å². The van der Waals surface area contributed by atoms with Gasteiger partial charge in [0.2, 0.25) is 0 Å². The summed E-state index contributed by atoms with van der Waals surface area (Å²) in [5, 5.41) is 3.09. The Morgan fingerprint density at radius 3 is 2.72 bits per heavy atom. The molecule has 1 aromatic carbocycles. The number of carbonyl (C=O) groups is 2. The molecule has 1 fully saturated rings. The molecule has 1 aromatic rings. The van der Waals surface area contributed by atoms with Crippen LogP contribution < -0.4 is 5.32 Å². The highest BCUT2D eigenvalue weighted by Gasteiger charge is 2.29. The van der Waals surface area contributed by atoms with E-state index < -0.39 is 0 Å². The van der Waals surface area contributed by atoms with E-state index >= 15 is 0 Å². The van der Waals surface area contributed by atoms with Gasteiger partial charge >= 0.3 is 12.1 Å². The first kappa shape index (κ1) is 19.2. The highest BCUT2D eigenvalue weighted by atomic mass is 16.6. The number of likely N-dealkylation sites (tertiary alicyclic amines) is 1. The molecule has 0 radical (unpaired) electrons. The largest absolute Gasteiger partial charge is 0.464 e. The molecule has 1 saturated heterocycles. The Labute approximate surface area is 149 Å². The summed E-state index contributed by atoms with van der Waals surface area (Å²) in [6.07, 6.45) is 1.56. The molecule has 6 nitrogen and oxygen atoms in total. The van der Waals surface area contributed by atoms with Gasteiger partial charge in [-0.1, -0.05) is 44.2 Å². The molecule has 25 heavy (non-hydrogen) atoms. The summed E-state index contributed by atoms with van der Waals surface area (Å²) in [5.74, 6) is 0.0681. The number of hydrogen-bond acceptors (Lipinski definition) is 5. The molecule has 1 heterocycles. The van der Waals surface area contributed by atoms with Crippen LogP contribution in [0.15, 0.2) is 30.3 Å². The highest BCUT2D eigenvalue weighted by molar-refractivity contribution is 5.71. The van der Waals surface area contributed by atoms with Crippen molar-refractivity contribution in [2.24, 2.45) is 5.92 Å². The van der Waals surface area contributed by atoms with Crippen LogP contribution in [0.5, 0.6) is 0 Å². The SMILES string of the molecule is CC(C)COC(=O)CNC[C@@H]1CCCN1C(=O)OCc1ccccc1. The van der Waals surface area contributed by atoms with Crippen LogP contribution in [-0.4, -0.2) is 49.2 Å². The first-order valence-electron chi connectivity index (χ1n) is 8.90. The third-order valence-corrected chi connectivity index (χ3v) is 4.04. The van der Waals surface area contributed by atoms with Gasteiger partial charge in [-0.25, -0.2) is 4.79 Å². The van der Waals surface area contributed by atoms with Gasteiger partial charge in [0.1, 0.15) is 6.61 Å². The first-order valence-corrected chi connectivity index (χ1v) is 8.90. The van der Waals surface area contributed by atoms with Crippen molar-refractivity contribution in [3.63, 3.8) is 0 Å². The third-order valence-electron chi connectivity index (χ3n) is 4.04.